The molecule has 0 amide bonds. The molecule has 1 atom stereocenters. The van der Waals surface area contributed by atoms with E-state index in [9.17, 15) is 4.79 Å². The molecule has 3 rings (SSSR count). The van der Waals surface area contributed by atoms with Crippen LogP contribution < -0.4 is 0 Å². The molecule has 0 spiro atoms. The normalized spacial score (nSPS) is 14.8. The molecule has 1 nitrogen and oxygen atoms in total. The number of allylic oxidation sites excluding steroid dienone is 1. The van der Waals surface area contributed by atoms with Crippen LogP contribution in [0.1, 0.15) is 57.2 Å². The lowest BCUT2D eigenvalue weighted by molar-refractivity contribution is -0.108. The molecule has 2 aromatic rings. The zero-order valence-electron chi connectivity index (χ0n) is 15.8. The Morgan fingerprint density at radius 2 is 1.80 bits per heavy atom. The Balaban J connectivity index is 1.89. The molecule has 0 N–H and O–H groups in total. The van der Waals surface area contributed by atoms with Gasteiger partial charge in [-0.1, -0.05) is 81.8 Å². The molecule has 25 heavy (non-hydrogen) atoms. The number of fused-ring (bicyclic) bond motifs is 1. The highest BCUT2D eigenvalue weighted by Gasteiger charge is 2.19. The predicted molar refractivity (Wildman–Crippen MR) is 107 cm³/mol. The number of carbonyl (C=O) groups excluding carboxylic acids is 1. The molecular weight excluding hydrogens is 304 g/mol. The van der Waals surface area contributed by atoms with Gasteiger partial charge >= 0.3 is 0 Å². The fourth-order valence-corrected chi connectivity index (χ4v) is 3.67. The van der Waals surface area contributed by atoms with Crippen molar-refractivity contribution in [1.82, 2.24) is 0 Å². The summed E-state index contributed by atoms with van der Waals surface area (Å²) in [6.45, 7) is 8.90. The van der Waals surface area contributed by atoms with Crippen LogP contribution in [0.4, 0.5) is 0 Å². The number of rotatable bonds is 5. The van der Waals surface area contributed by atoms with Crippen LogP contribution in [0.15, 0.2) is 48.0 Å². The van der Waals surface area contributed by atoms with Gasteiger partial charge in [0.25, 0.3) is 0 Å². The van der Waals surface area contributed by atoms with Gasteiger partial charge in [0.1, 0.15) is 6.29 Å². The van der Waals surface area contributed by atoms with E-state index in [4.69, 9.17) is 0 Å². The Kier molecular flexibility index (Phi) is 4.94. The van der Waals surface area contributed by atoms with Crippen LogP contribution in [0.5, 0.6) is 0 Å². The molecule has 130 valence electrons. The molecular formula is C24H28O. The summed E-state index contributed by atoms with van der Waals surface area (Å²) in [5.74, 6) is 0.424. The van der Waals surface area contributed by atoms with E-state index in [1.165, 1.54) is 33.4 Å². The first-order valence-electron chi connectivity index (χ1n) is 9.24. The van der Waals surface area contributed by atoms with Crippen LogP contribution in [0.3, 0.4) is 0 Å². The molecule has 1 aliphatic rings. The minimum Gasteiger partial charge on any atom is -0.303 e. The number of benzene rings is 2. The highest BCUT2D eigenvalue weighted by molar-refractivity contribution is 5.80. The quantitative estimate of drug-likeness (QED) is 0.595. The van der Waals surface area contributed by atoms with Crippen LogP contribution in [0, 0.1) is 5.92 Å². The summed E-state index contributed by atoms with van der Waals surface area (Å²) in [5.41, 5.74) is 8.36. The summed E-state index contributed by atoms with van der Waals surface area (Å²) >= 11 is 0. The monoisotopic (exact) mass is 332 g/mol. The molecule has 0 heterocycles. The van der Waals surface area contributed by atoms with Crippen LogP contribution >= 0.6 is 0 Å². The van der Waals surface area contributed by atoms with Crippen LogP contribution in [0.25, 0.3) is 17.2 Å². The lowest BCUT2D eigenvalue weighted by Gasteiger charge is -2.19. The van der Waals surface area contributed by atoms with Crippen molar-refractivity contribution in [2.75, 3.05) is 0 Å². The maximum Gasteiger partial charge on any atom is 0.120 e. The topological polar surface area (TPSA) is 17.1 Å². The minimum absolute atomic E-state index is 0.180. The van der Waals surface area contributed by atoms with Crippen LogP contribution in [-0.2, 0) is 16.6 Å². The molecule has 0 radical (unpaired) electrons. The zero-order chi connectivity index (χ0) is 18.0. The average Bonchev–Trinajstić information content (AvgIpc) is 2.96. The molecule has 0 bridgehead atoms. The SMILES string of the molecule is CC(CC=O)CC1=Cc2c(cccc2-c2ccc(C(C)(C)C)cc2)C1. The van der Waals surface area contributed by atoms with E-state index in [1.807, 2.05) is 0 Å². The molecule has 0 saturated heterocycles. The summed E-state index contributed by atoms with van der Waals surface area (Å²) < 4.78 is 0. The van der Waals surface area contributed by atoms with Crippen LogP contribution in [0.2, 0.25) is 0 Å². The van der Waals surface area contributed by atoms with Gasteiger partial charge in [0.2, 0.25) is 0 Å². The first-order valence-corrected chi connectivity index (χ1v) is 9.24. The maximum absolute atomic E-state index is 10.7. The van der Waals surface area contributed by atoms with Crippen molar-refractivity contribution in [3.8, 4) is 11.1 Å². The van der Waals surface area contributed by atoms with E-state index < -0.39 is 0 Å². The Morgan fingerprint density at radius 1 is 1.08 bits per heavy atom. The van der Waals surface area contributed by atoms with E-state index in [0.717, 1.165) is 19.1 Å². The Morgan fingerprint density at radius 3 is 2.44 bits per heavy atom. The van der Waals surface area contributed by atoms with Gasteiger partial charge in [-0.2, -0.15) is 0 Å². The second kappa shape index (κ2) is 7.00. The van der Waals surface area contributed by atoms with E-state index in [2.05, 4.69) is 76.2 Å². The maximum atomic E-state index is 10.7. The third kappa shape index (κ3) is 3.92. The standard InChI is InChI=1S/C24H28O/c1-17(12-13-25)14-18-15-20-6-5-7-22(23(20)16-18)19-8-10-21(11-9-19)24(2,3)4/h5-11,13,16-17H,12,14-15H2,1-4H3. The van der Waals surface area contributed by atoms with Crippen molar-refractivity contribution in [3.63, 3.8) is 0 Å². The number of hydrogen-bond acceptors (Lipinski definition) is 1. The molecule has 2 aromatic carbocycles. The smallest absolute Gasteiger partial charge is 0.120 e. The fourth-order valence-electron chi connectivity index (χ4n) is 3.67. The summed E-state index contributed by atoms with van der Waals surface area (Å²) in [7, 11) is 0. The second-order valence-corrected chi connectivity index (χ2v) is 8.40. The minimum atomic E-state index is 0.180. The van der Waals surface area contributed by atoms with Gasteiger partial charge in [0, 0.05) is 6.42 Å². The number of carbonyl (C=O) groups is 1. The lowest BCUT2D eigenvalue weighted by atomic mass is 9.86. The number of hydrogen-bond donors (Lipinski definition) is 0. The van der Waals surface area contributed by atoms with Crippen LogP contribution in [-0.4, -0.2) is 6.29 Å². The average molecular weight is 332 g/mol. The van der Waals surface area contributed by atoms with Gasteiger partial charge in [-0.15, -0.1) is 0 Å². The zero-order valence-corrected chi connectivity index (χ0v) is 15.8. The van der Waals surface area contributed by atoms with Gasteiger partial charge in [-0.3, -0.25) is 0 Å². The van der Waals surface area contributed by atoms with E-state index in [-0.39, 0.29) is 5.41 Å². The second-order valence-electron chi connectivity index (χ2n) is 8.40. The summed E-state index contributed by atoms with van der Waals surface area (Å²) in [4.78, 5) is 10.7. The molecule has 0 aromatic heterocycles. The first kappa shape index (κ1) is 17.7. The van der Waals surface area contributed by atoms with Gasteiger partial charge < -0.3 is 4.79 Å². The lowest BCUT2D eigenvalue weighted by Crippen LogP contribution is -2.10. The van der Waals surface area contributed by atoms with Crippen molar-refractivity contribution in [2.45, 2.75) is 52.4 Å². The van der Waals surface area contributed by atoms with Gasteiger partial charge in [0.05, 0.1) is 0 Å². The molecule has 1 aliphatic carbocycles. The molecule has 0 saturated carbocycles. The van der Waals surface area contributed by atoms with E-state index in [1.54, 1.807) is 0 Å². The first-order chi connectivity index (χ1) is 11.9. The summed E-state index contributed by atoms with van der Waals surface area (Å²) in [5, 5.41) is 0. The van der Waals surface area contributed by atoms with E-state index in [0.29, 0.717) is 12.3 Å². The Labute approximate surface area is 151 Å². The third-order valence-corrected chi connectivity index (χ3v) is 5.13. The largest absolute Gasteiger partial charge is 0.303 e. The van der Waals surface area contributed by atoms with Crippen molar-refractivity contribution in [3.05, 3.63) is 64.7 Å². The van der Waals surface area contributed by atoms with Gasteiger partial charge in [0.15, 0.2) is 0 Å². The van der Waals surface area contributed by atoms with Crippen molar-refractivity contribution in [1.29, 1.82) is 0 Å². The molecule has 0 fully saturated rings. The molecule has 1 heteroatoms. The predicted octanol–water partition coefficient (Wildman–Crippen LogP) is 6.21. The molecule has 0 aliphatic heterocycles. The number of aldehydes is 1. The van der Waals surface area contributed by atoms with Crippen molar-refractivity contribution >= 4 is 12.4 Å². The fraction of sp³-hybridized carbons (Fsp3) is 0.375. The Hall–Kier alpha value is -2.15. The van der Waals surface area contributed by atoms with Gasteiger partial charge in [-0.25, -0.2) is 0 Å². The third-order valence-electron chi connectivity index (χ3n) is 5.13. The van der Waals surface area contributed by atoms with E-state index >= 15 is 0 Å². The van der Waals surface area contributed by atoms with Crippen molar-refractivity contribution < 1.29 is 4.79 Å². The molecule has 1 unspecified atom stereocenters. The summed E-state index contributed by atoms with van der Waals surface area (Å²) in [6.07, 6.45) is 6.07. The summed E-state index contributed by atoms with van der Waals surface area (Å²) in [6, 6.07) is 15.6. The highest BCUT2D eigenvalue weighted by atomic mass is 16.1. The Bertz CT molecular complexity index is 788. The van der Waals surface area contributed by atoms with Crippen molar-refractivity contribution in [2.24, 2.45) is 5.92 Å². The highest BCUT2D eigenvalue weighted by Crippen LogP contribution is 2.36. The van der Waals surface area contributed by atoms with Gasteiger partial charge in [-0.05, 0) is 52.0 Å².